The maximum Gasteiger partial charge on any atom is 0.226 e. The molecule has 0 unspecified atom stereocenters. The molecule has 1 saturated heterocycles. The number of likely N-dealkylation sites (tertiary alicyclic amines) is 1. The van der Waals surface area contributed by atoms with E-state index in [9.17, 15) is 10.2 Å². The number of nitrogens with zero attached hydrogens (tertiary/aromatic N) is 3. The number of aliphatic hydroxyl groups excluding tert-OH is 2. The molecular formula is C9H15N3O3. The molecule has 6 heteroatoms. The van der Waals surface area contributed by atoms with Gasteiger partial charge >= 0.3 is 0 Å². The number of β-amino-alcohol motifs (C(OH)–C–C–N with tert-alkyl or cyclic N) is 2. The first-order chi connectivity index (χ1) is 7.19. The summed E-state index contributed by atoms with van der Waals surface area (Å²) in [5.41, 5.74) is 0. The van der Waals surface area contributed by atoms with Gasteiger partial charge in [0, 0.05) is 19.5 Å². The summed E-state index contributed by atoms with van der Waals surface area (Å²) in [6.45, 7) is 3.37. The Bertz CT molecular complexity index is 318. The summed E-state index contributed by atoms with van der Waals surface area (Å²) in [7, 11) is 0. The SMILES string of the molecule is CCc1nc(CN2C[C@@H](O)[C@@H](O)C2)no1. The Kier molecular flexibility index (Phi) is 2.99. The molecule has 1 aliphatic rings. The molecule has 2 rings (SSSR count). The zero-order valence-corrected chi connectivity index (χ0v) is 8.63. The van der Waals surface area contributed by atoms with Gasteiger partial charge in [0.2, 0.25) is 5.89 Å². The Balaban J connectivity index is 1.92. The van der Waals surface area contributed by atoms with Gasteiger partial charge in [-0.05, 0) is 0 Å². The van der Waals surface area contributed by atoms with Crippen molar-refractivity contribution in [3.8, 4) is 0 Å². The smallest absolute Gasteiger partial charge is 0.226 e. The van der Waals surface area contributed by atoms with Gasteiger partial charge in [0.05, 0.1) is 18.8 Å². The highest BCUT2D eigenvalue weighted by molar-refractivity contribution is 4.90. The minimum absolute atomic E-state index is 0.456. The average Bonchev–Trinajstić information content (AvgIpc) is 2.76. The summed E-state index contributed by atoms with van der Waals surface area (Å²) in [6.07, 6.45) is -0.608. The lowest BCUT2D eigenvalue weighted by atomic mass is 10.3. The van der Waals surface area contributed by atoms with Gasteiger partial charge in [-0.15, -0.1) is 0 Å². The largest absolute Gasteiger partial charge is 0.389 e. The van der Waals surface area contributed by atoms with E-state index in [0.29, 0.717) is 31.3 Å². The molecule has 2 N–H and O–H groups in total. The van der Waals surface area contributed by atoms with Crippen molar-refractivity contribution in [1.29, 1.82) is 0 Å². The highest BCUT2D eigenvalue weighted by atomic mass is 16.5. The third-order valence-electron chi connectivity index (χ3n) is 2.51. The molecule has 0 bridgehead atoms. The highest BCUT2D eigenvalue weighted by Gasteiger charge is 2.30. The summed E-state index contributed by atoms with van der Waals surface area (Å²) in [5.74, 6) is 1.22. The van der Waals surface area contributed by atoms with Crippen molar-refractivity contribution >= 4 is 0 Å². The first-order valence-electron chi connectivity index (χ1n) is 5.09. The lowest BCUT2D eigenvalue weighted by Gasteiger charge is -2.10. The number of hydrogen-bond acceptors (Lipinski definition) is 6. The Hall–Kier alpha value is -0.980. The molecule has 84 valence electrons. The van der Waals surface area contributed by atoms with Crippen LogP contribution in [0.15, 0.2) is 4.52 Å². The van der Waals surface area contributed by atoms with Crippen LogP contribution in [-0.4, -0.2) is 50.6 Å². The molecule has 1 fully saturated rings. The summed E-state index contributed by atoms with van der Waals surface area (Å²) in [6, 6.07) is 0. The molecule has 0 amide bonds. The predicted molar refractivity (Wildman–Crippen MR) is 51.0 cm³/mol. The summed E-state index contributed by atoms with van der Waals surface area (Å²) in [5, 5.41) is 22.5. The minimum atomic E-state index is -0.664. The van der Waals surface area contributed by atoms with Crippen LogP contribution in [0.2, 0.25) is 0 Å². The standard InChI is InChI=1S/C9H15N3O3/c1-2-9-10-8(11-15-9)5-12-3-6(13)7(14)4-12/h6-7,13-14H,2-5H2,1H3/t6-,7+. The third-order valence-corrected chi connectivity index (χ3v) is 2.51. The van der Waals surface area contributed by atoms with Crippen LogP contribution in [0.5, 0.6) is 0 Å². The maximum absolute atomic E-state index is 9.34. The fraction of sp³-hybridized carbons (Fsp3) is 0.778. The van der Waals surface area contributed by atoms with E-state index in [1.54, 1.807) is 0 Å². The molecule has 0 aromatic carbocycles. The van der Waals surface area contributed by atoms with E-state index in [-0.39, 0.29) is 0 Å². The van der Waals surface area contributed by atoms with Gasteiger partial charge in [-0.25, -0.2) is 0 Å². The molecule has 1 aromatic rings. The fourth-order valence-electron chi connectivity index (χ4n) is 1.67. The van der Waals surface area contributed by atoms with Gasteiger partial charge in [0.25, 0.3) is 0 Å². The Morgan fingerprint density at radius 2 is 2.07 bits per heavy atom. The molecule has 0 radical (unpaired) electrons. The van der Waals surface area contributed by atoms with E-state index in [1.165, 1.54) is 0 Å². The van der Waals surface area contributed by atoms with Crippen LogP contribution in [0, 0.1) is 0 Å². The van der Waals surface area contributed by atoms with Crippen LogP contribution >= 0.6 is 0 Å². The maximum atomic E-state index is 9.34. The predicted octanol–water partition coefficient (Wildman–Crippen LogP) is -0.831. The molecule has 15 heavy (non-hydrogen) atoms. The van der Waals surface area contributed by atoms with Gasteiger partial charge in [-0.3, -0.25) is 4.90 Å². The highest BCUT2D eigenvalue weighted by Crippen LogP contribution is 2.12. The van der Waals surface area contributed by atoms with E-state index in [2.05, 4.69) is 10.1 Å². The molecule has 2 atom stereocenters. The molecule has 2 heterocycles. The number of aryl methyl sites for hydroxylation is 1. The van der Waals surface area contributed by atoms with E-state index < -0.39 is 12.2 Å². The van der Waals surface area contributed by atoms with Gasteiger partial charge in [0.15, 0.2) is 5.82 Å². The van der Waals surface area contributed by atoms with Crippen LogP contribution < -0.4 is 0 Å². The topological polar surface area (TPSA) is 82.6 Å². The van der Waals surface area contributed by atoms with Gasteiger partial charge in [-0.2, -0.15) is 4.98 Å². The fourth-order valence-corrected chi connectivity index (χ4v) is 1.67. The number of aliphatic hydroxyl groups is 2. The van der Waals surface area contributed by atoms with Gasteiger partial charge in [-0.1, -0.05) is 12.1 Å². The van der Waals surface area contributed by atoms with Crippen molar-refractivity contribution in [1.82, 2.24) is 15.0 Å². The summed E-state index contributed by atoms with van der Waals surface area (Å²) >= 11 is 0. The van der Waals surface area contributed by atoms with Crippen LogP contribution in [0.3, 0.4) is 0 Å². The molecule has 0 saturated carbocycles. The molecule has 0 spiro atoms. The normalized spacial score (nSPS) is 27.4. The third kappa shape index (κ3) is 2.34. The van der Waals surface area contributed by atoms with E-state index in [0.717, 1.165) is 6.42 Å². The molecule has 1 aliphatic heterocycles. The molecule has 1 aromatic heterocycles. The van der Waals surface area contributed by atoms with Crippen molar-refractivity contribution in [3.63, 3.8) is 0 Å². The Labute approximate surface area is 87.5 Å². The number of rotatable bonds is 3. The second kappa shape index (κ2) is 4.26. The number of aromatic nitrogens is 2. The monoisotopic (exact) mass is 213 g/mol. The number of hydrogen-bond donors (Lipinski definition) is 2. The second-order valence-corrected chi connectivity index (χ2v) is 3.79. The van der Waals surface area contributed by atoms with E-state index in [1.807, 2.05) is 11.8 Å². The van der Waals surface area contributed by atoms with Crippen molar-refractivity contribution in [2.75, 3.05) is 13.1 Å². The quantitative estimate of drug-likeness (QED) is 0.682. The Morgan fingerprint density at radius 1 is 1.40 bits per heavy atom. The van der Waals surface area contributed by atoms with Crippen LogP contribution in [0.25, 0.3) is 0 Å². The van der Waals surface area contributed by atoms with Crippen LogP contribution in [-0.2, 0) is 13.0 Å². The Morgan fingerprint density at radius 3 is 2.60 bits per heavy atom. The summed E-state index contributed by atoms with van der Waals surface area (Å²) in [4.78, 5) is 6.06. The first-order valence-corrected chi connectivity index (χ1v) is 5.09. The van der Waals surface area contributed by atoms with Crippen molar-refractivity contribution in [3.05, 3.63) is 11.7 Å². The average molecular weight is 213 g/mol. The van der Waals surface area contributed by atoms with Gasteiger partial charge < -0.3 is 14.7 Å². The molecule has 0 aliphatic carbocycles. The molecular weight excluding hydrogens is 198 g/mol. The van der Waals surface area contributed by atoms with Crippen LogP contribution in [0.1, 0.15) is 18.6 Å². The minimum Gasteiger partial charge on any atom is -0.389 e. The molecule has 6 nitrogen and oxygen atoms in total. The lowest BCUT2D eigenvalue weighted by molar-refractivity contribution is 0.0572. The van der Waals surface area contributed by atoms with Crippen LogP contribution in [0.4, 0.5) is 0 Å². The van der Waals surface area contributed by atoms with E-state index >= 15 is 0 Å². The lowest BCUT2D eigenvalue weighted by Crippen LogP contribution is -2.22. The zero-order valence-electron chi connectivity index (χ0n) is 8.63. The summed E-state index contributed by atoms with van der Waals surface area (Å²) < 4.78 is 4.96. The second-order valence-electron chi connectivity index (χ2n) is 3.79. The van der Waals surface area contributed by atoms with Gasteiger partial charge in [0.1, 0.15) is 0 Å². The van der Waals surface area contributed by atoms with Crippen molar-refractivity contribution in [2.24, 2.45) is 0 Å². The van der Waals surface area contributed by atoms with Crippen molar-refractivity contribution < 1.29 is 14.7 Å². The zero-order chi connectivity index (χ0) is 10.8. The first kappa shape index (κ1) is 10.5. The van der Waals surface area contributed by atoms with E-state index in [4.69, 9.17) is 4.52 Å². The van der Waals surface area contributed by atoms with Crippen molar-refractivity contribution in [2.45, 2.75) is 32.1 Å².